The van der Waals surface area contributed by atoms with Crippen molar-refractivity contribution < 1.29 is 14.7 Å². The molecule has 156 valence electrons. The Hall–Kier alpha value is -2.28. The van der Waals surface area contributed by atoms with Gasteiger partial charge in [0.25, 0.3) is 5.91 Å². The molecule has 1 amide bonds. The van der Waals surface area contributed by atoms with Gasteiger partial charge in [0.1, 0.15) is 5.75 Å². The smallest absolute Gasteiger partial charge is 0.254 e. The van der Waals surface area contributed by atoms with Crippen LogP contribution >= 0.6 is 23.1 Å². The SMILES string of the molecule is O=C(CCOc1ccccc1)N(O)c1cccc(-c2ccc([C@@H]3CCCCS3)s2)c1. The van der Waals surface area contributed by atoms with E-state index in [9.17, 15) is 10.0 Å². The maximum atomic E-state index is 12.4. The molecule has 3 aromatic rings. The predicted octanol–water partition coefficient (Wildman–Crippen LogP) is 6.56. The number of ether oxygens (including phenoxy) is 1. The van der Waals surface area contributed by atoms with Crippen LogP contribution in [0.5, 0.6) is 5.75 Å². The van der Waals surface area contributed by atoms with E-state index >= 15 is 0 Å². The van der Waals surface area contributed by atoms with Crippen molar-refractivity contribution in [1.82, 2.24) is 0 Å². The van der Waals surface area contributed by atoms with Gasteiger partial charge >= 0.3 is 0 Å². The van der Waals surface area contributed by atoms with E-state index in [0.29, 0.717) is 16.7 Å². The van der Waals surface area contributed by atoms with Gasteiger partial charge in [-0.05, 0) is 60.6 Å². The summed E-state index contributed by atoms with van der Waals surface area (Å²) in [7, 11) is 0. The maximum Gasteiger partial charge on any atom is 0.254 e. The minimum Gasteiger partial charge on any atom is -0.493 e. The number of anilines is 1. The molecule has 4 nitrogen and oxygen atoms in total. The average Bonchev–Trinajstić information content (AvgIpc) is 3.30. The average molecular weight is 440 g/mol. The van der Waals surface area contributed by atoms with Crippen LogP contribution in [0.2, 0.25) is 0 Å². The standard InChI is InChI=1S/C24H25NO3S2/c26-24(14-15-28-20-9-2-1-3-10-20)25(27)19-8-6-7-18(17-19)21-12-13-23(30-21)22-11-4-5-16-29-22/h1-3,6-10,12-13,17,22,27H,4-5,11,14-16H2/t22-/m0/s1. The third-order valence-corrected chi connectivity index (χ3v) is 7.88. The summed E-state index contributed by atoms with van der Waals surface area (Å²) in [6, 6.07) is 21.2. The van der Waals surface area contributed by atoms with Crippen molar-refractivity contribution in [1.29, 1.82) is 0 Å². The Morgan fingerprint density at radius 2 is 1.93 bits per heavy atom. The highest BCUT2D eigenvalue weighted by Gasteiger charge is 2.19. The van der Waals surface area contributed by atoms with Gasteiger partial charge in [0, 0.05) is 15.0 Å². The first kappa shape index (κ1) is 21.0. The Morgan fingerprint density at radius 1 is 1.07 bits per heavy atom. The monoisotopic (exact) mass is 439 g/mol. The Morgan fingerprint density at radius 3 is 2.73 bits per heavy atom. The molecule has 0 radical (unpaired) electrons. The zero-order valence-electron chi connectivity index (χ0n) is 16.7. The first-order valence-corrected chi connectivity index (χ1v) is 12.1. The number of hydroxylamine groups is 1. The lowest BCUT2D eigenvalue weighted by atomic mass is 10.1. The summed E-state index contributed by atoms with van der Waals surface area (Å²) < 4.78 is 5.56. The van der Waals surface area contributed by atoms with E-state index in [1.807, 2.05) is 60.3 Å². The molecular weight excluding hydrogens is 414 g/mol. The molecule has 1 saturated heterocycles. The molecule has 0 unspecified atom stereocenters. The number of rotatable bonds is 7. The van der Waals surface area contributed by atoms with Crippen molar-refractivity contribution in [3.63, 3.8) is 0 Å². The van der Waals surface area contributed by atoms with E-state index in [1.54, 1.807) is 17.4 Å². The second-order valence-corrected chi connectivity index (χ2v) is 9.65. The van der Waals surface area contributed by atoms with Crippen LogP contribution in [0.3, 0.4) is 0 Å². The molecule has 2 aromatic carbocycles. The van der Waals surface area contributed by atoms with Gasteiger partial charge in [0.2, 0.25) is 0 Å². The van der Waals surface area contributed by atoms with E-state index in [2.05, 4.69) is 12.1 Å². The fraction of sp³-hybridized carbons (Fsp3) is 0.292. The molecule has 30 heavy (non-hydrogen) atoms. The van der Waals surface area contributed by atoms with E-state index in [4.69, 9.17) is 4.74 Å². The first-order valence-electron chi connectivity index (χ1n) is 10.2. The second kappa shape index (κ2) is 10.2. The molecule has 4 rings (SSSR count). The van der Waals surface area contributed by atoms with Gasteiger partial charge in [-0.3, -0.25) is 10.0 Å². The fourth-order valence-corrected chi connectivity index (χ4v) is 6.06. The van der Waals surface area contributed by atoms with Gasteiger partial charge < -0.3 is 4.74 Å². The number of para-hydroxylation sites is 1. The van der Waals surface area contributed by atoms with Crippen molar-refractivity contribution in [2.24, 2.45) is 0 Å². The van der Waals surface area contributed by atoms with Crippen LogP contribution in [0.25, 0.3) is 10.4 Å². The molecule has 1 aromatic heterocycles. The van der Waals surface area contributed by atoms with Crippen LogP contribution in [-0.2, 0) is 4.79 Å². The largest absolute Gasteiger partial charge is 0.493 e. The summed E-state index contributed by atoms with van der Waals surface area (Å²) in [5, 5.41) is 11.7. The Kier molecular flexibility index (Phi) is 7.10. The van der Waals surface area contributed by atoms with Crippen LogP contribution in [0, 0.1) is 0 Å². The Balaban J connectivity index is 1.38. The number of carbonyl (C=O) groups is 1. The molecule has 1 fully saturated rings. The molecule has 2 heterocycles. The van der Waals surface area contributed by atoms with Gasteiger partial charge in [0.15, 0.2) is 0 Å². The summed E-state index contributed by atoms with van der Waals surface area (Å²) in [4.78, 5) is 15.0. The van der Waals surface area contributed by atoms with E-state index in [1.165, 1.54) is 29.9 Å². The summed E-state index contributed by atoms with van der Waals surface area (Å²) in [6.45, 7) is 0.215. The lowest BCUT2D eigenvalue weighted by Crippen LogP contribution is -2.28. The zero-order chi connectivity index (χ0) is 20.8. The molecule has 6 heteroatoms. The van der Waals surface area contributed by atoms with Gasteiger partial charge in [-0.1, -0.05) is 36.8 Å². The quantitative estimate of drug-likeness (QED) is 0.334. The van der Waals surface area contributed by atoms with Crippen LogP contribution < -0.4 is 9.80 Å². The molecule has 0 bridgehead atoms. The van der Waals surface area contributed by atoms with E-state index < -0.39 is 5.91 Å². The van der Waals surface area contributed by atoms with Crippen LogP contribution in [0.4, 0.5) is 5.69 Å². The molecule has 0 saturated carbocycles. The minimum absolute atomic E-state index is 0.0949. The van der Waals surface area contributed by atoms with Gasteiger partial charge in [-0.25, -0.2) is 0 Å². The highest BCUT2D eigenvalue weighted by atomic mass is 32.2. The zero-order valence-corrected chi connectivity index (χ0v) is 18.3. The fourth-order valence-electron chi connectivity index (χ4n) is 3.46. The van der Waals surface area contributed by atoms with Crippen molar-refractivity contribution in [2.45, 2.75) is 30.9 Å². The second-order valence-electron chi connectivity index (χ2n) is 7.22. The Labute approximate surface area is 185 Å². The van der Waals surface area contributed by atoms with Gasteiger partial charge in [-0.2, -0.15) is 16.8 Å². The van der Waals surface area contributed by atoms with Gasteiger partial charge in [-0.15, -0.1) is 11.3 Å². The normalized spacial score (nSPS) is 16.2. The summed E-state index contributed by atoms with van der Waals surface area (Å²) in [6.07, 6.45) is 3.96. The first-order chi connectivity index (χ1) is 14.7. The van der Waals surface area contributed by atoms with Crippen molar-refractivity contribution >= 4 is 34.7 Å². The van der Waals surface area contributed by atoms with Crippen molar-refractivity contribution in [3.05, 3.63) is 71.6 Å². The lowest BCUT2D eigenvalue weighted by molar-refractivity contribution is -0.124. The number of thiophene rings is 1. The van der Waals surface area contributed by atoms with Crippen LogP contribution in [-0.4, -0.2) is 23.5 Å². The molecule has 1 aliphatic heterocycles. The number of carbonyl (C=O) groups excluding carboxylic acids is 1. The summed E-state index contributed by atoms with van der Waals surface area (Å²) >= 11 is 3.86. The number of benzene rings is 2. The van der Waals surface area contributed by atoms with Crippen LogP contribution in [0.15, 0.2) is 66.7 Å². The number of amides is 1. The molecule has 0 spiro atoms. The van der Waals surface area contributed by atoms with Crippen molar-refractivity contribution in [3.8, 4) is 16.2 Å². The minimum atomic E-state index is -0.395. The molecular formula is C24H25NO3S2. The lowest BCUT2D eigenvalue weighted by Gasteiger charge is -2.19. The summed E-state index contributed by atoms with van der Waals surface area (Å²) in [5.41, 5.74) is 1.48. The Bertz CT molecular complexity index is 967. The predicted molar refractivity (Wildman–Crippen MR) is 125 cm³/mol. The number of thioether (sulfide) groups is 1. The molecule has 0 aliphatic carbocycles. The third-order valence-electron chi connectivity index (χ3n) is 5.06. The maximum absolute atomic E-state index is 12.4. The highest BCUT2D eigenvalue weighted by Crippen LogP contribution is 2.43. The molecule has 1 N–H and O–H groups in total. The van der Waals surface area contributed by atoms with Crippen LogP contribution in [0.1, 0.15) is 35.8 Å². The number of hydrogen-bond acceptors (Lipinski definition) is 5. The molecule has 1 aliphatic rings. The van der Waals surface area contributed by atoms with E-state index in [0.717, 1.165) is 15.5 Å². The number of nitrogens with zero attached hydrogens (tertiary/aromatic N) is 1. The highest BCUT2D eigenvalue weighted by molar-refractivity contribution is 7.99. The van der Waals surface area contributed by atoms with Gasteiger partial charge in [0.05, 0.1) is 18.7 Å². The topological polar surface area (TPSA) is 49.8 Å². The number of hydrogen-bond donors (Lipinski definition) is 1. The van der Waals surface area contributed by atoms with Crippen molar-refractivity contribution in [2.75, 3.05) is 17.4 Å². The third kappa shape index (κ3) is 5.25. The molecule has 1 atom stereocenters. The summed E-state index contributed by atoms with van der Waals surface area (Å²) in [5.74, 6) is 1.55. The van der Waals surface area contributed by atoms with E-state index in [-0.39, 0.29) is 13.0 Å².